The molecule has 1 aromatic heterocycles. The van der Waals surface area contributed by atoms with E-state index < -0.39 is 0 Å². The molecule has 0 saturated carbocycles. The van der Waals surface area contributed by atoms with E-state index in [-0.39, 0.29) is 17.4 Å². The number of hydrogen-bond acceptors (Lipinski definition) is 6. The Kier molecular flexibility index (Phi) is 7.03. The minimum Gasteiger partial charge on any atom is -0.490 e. The predicted octanol–water partition coefficient (Wildman–Crippen LogP) is 3.79. The van der Waals surface area contributed by atoms with Gasteiger partial charge in [0.25, 0.3) is 5.56 Å². The number of aromatic nitrogens is 2. The van der Waals surface area contributed by atoms with Gasteiger partial charge < -0.3 is 9.47 Å². The highest BCUT2D eigenvalue weighted by Gasteiger charge is 2.11. The lowest BCUT2D eigenvalue weighted by Gasteiger charge is -2.13. The van der Waals surface area contributed by atoms with Gasteiger partial charge in [-0.2, -0.15) is 5.10 Å². The average molecular weight is 379 g/mol. The van der Waals surface area contributed by atoms with Gasteiger partial charge in [-0.3, -0.25) is 9.78 Å². The highest BCUT2D eigenvalue weighted by atomic mass is 35.5. The highest BCUT2D eigenvalue weighted by Crippen LogP contribution is 2.36. The van der Waals surface area contributed by atoms with Crippen molar-refractivity contribution in [3.05, 3.63) is 44.8 Å². The quantitative estimate of drug-likeness (QED) is 0.539. The van der Waals surface area contributed by atoms with Crippen LogP contribution in [0.25, 0.3) is 0 Å². The van der Waals surface area contributed by atoms with E-state index in [0.29, 0.717) is 35.4 Å². The molecule has 1 aromatic carbocycles. The molecular weight excluding hydrogens is 356 g/mol. The van der Waals surface area contributed by atoms with Crippen molar-refractivity contribution >= 4 is 23.8 Å². The molecule has 0 bridgehead atoms. The van der Waals surface area contributed by atoms with Crippen molar-refractivity contribution in [1.29, 1.82) is 0 Å². The van der Waals surface area contributed by atoms with Crippen LogP contribution in [0.1, 0.15) is 44.9 Å². The zero-order chi connectivity index (χ0) is 19.1. The summed E-state index contributed by atoms with van der Waals surface area (Å²) in [5.74, 6) is 1.48. The number of hydrogen-bond donors (Lipinski definition) is 2. The Labute approximate surface area is 157 Å². The molecule has 1 heterocycles. The third-order valence-corrected chi connectivity index (χ3v) is 3.64. The van der Waals surface area contributed by atoms with E-state index in [4.69, 9.17) is 21.1 Å². The standard InChI is InChI=1S/C18H23ClN4O3/c1-5-25-15-8-12(7-13(19)17(15)26-6-2)10-20-23-18-21-14(11(3)4)9-16(24)22-18/h7-11H,5-6H2,1-4H3,(H2,21,22,23,24)/b20-10-. The fourth-order valence-electron chi connectivity index (χ4n) is 2.20. The van der Waals surface area contributed by atoms with Crippen molar-refractivity contribution in [1.82, 2.24) is 9.97 Å². The fraction of sp³-hybridized carbons (Fsp3) is 0.389. The maximum Gasteiger partial charge on any atom is 0.252 e. The molecule has 2 aromatic rings. The van der Waals surface area contributed by atoms with Crippen LogP contribution in [0, 0.1) is 0 Å². The zero-order valence-corrected chi connectivity index (χ0v) is 16.1. The lowest BCUT2D eigenvalue weighted by molar-refractivity contribution is 0.288. The molecule has 2 N–H and O–H groups in total. The van der Waals surface area contributed by atoms with Crippen LogP contribution in [0.4, 0.5) is 5.95 Å². The minimum absolute atomic E-state index is 0.139. The molecule has 0 saturated heterocycles. The predicted molar refractivity (Wildman–Crippen MR) is 104 cm³/mol. The van der Waals surface area contributed by atoms with Crippen molar-refractivity contribution in [2.45, 2.75) is 33.6 Å². The number of nitrogens with one attached hydrogen (secondary N) is 2. The molecule has 0 amide bonds. The third-order valence-electron chi connectivity index (χ3n) is 3.36. The van der Waals surface area contributed by atoms with Gasteiger partial charge in [0.1, 0.15) is 0 Å². The molecule has 0 spiro atoms. The Morgan fingerprint density at radius 2 is 2.00 bits per heavy atom. The van der Waals surface area contributed by atoms with E-state index in [1.54, 1.807) is 18.3 Å². The number of ether oxygens (including phenoxy) is 2. The summed E-state index contributed by atoms with van der Waals surface area (Å²) in [6.45, 7) is 8.67. The van der Waals surface area contributed by atoms with E-state index in [1.165, 1.54) is 6.07 Å². The summed E-state index contributed by atoms with van der Waals surface area (Å²) in [6, 6.07) is 4.98. The van der Waals surface area contributed by atoms with Gasteiger partial charge in [-0.05, 0) is 37.5 Å². The number of rotatable bonds is 8. The molecule has 2 rings (SSSR count). The number of H-pyrrole nitrogens is 1. The van der Waals surface area contributed by atoms with Gasteiger partial charge in [0.05, 0.1) is 30.1 Å². The number of anilines is 1. The van der Waals surface area contributed by atoms with Crippen LogP contribution >= 0.6 is 11.6 Å². The normalized spacial score (nSPS) is 11.2. The average Bonchev–Trinajstić information content (AvgIpc) is 2.57. The van der Waals surface area contributed by atoms with Crippen molar-refractivity contribution in [3.8, 4) is 11.5 Å². The van der Waals surface area contributed by atoms with Crippen LogP contribution < -0.4 is 20.5 Å². The van der Waals surface area contributed by atoms with Crippen LogP contribution in [0.2, 0.25) is 5.02 Å². The van der Waals surface area contributed by atoms with Crippen LogP contribution in [-0.2, 0) is 0 Å². The topological polar surface area (TPSA) is 88.6 Å². The largest absolute Gasteiger partial charge is 0.490 e. The van der Waals surface area contributed by atoms with Gasteiger partial charge in [-0.1, -0.05) is 25.4 Å². The first kappa shape index (κ1) is 19.8. The summed E-state index contributed by atoms with van der Waals surface area (Å²) < 4.78 is 11.1. The molecule has 0 aliphatic rings. The SMILES string of the molecule is CCOc1cc(/C=N\Nc2nc(C(C)C)cc(=O)[nH]2)cc(Cl)c1OCC. The van der Waals surface area contributed by atoms with E-state index in [1.807, 2.05) is 27.7 Å². The van der Waals surface area contributed by atoms with E-state index in [2.05, 4.69) is 20.5 Å². The van der Waals surface area contributed by atoms with Crippen LogP contribution in [-0.4, -0.2) is 29.4 Å². The van der Waals surface area contributed by atoms with Gasteiger partial charge in [-0.25, -0.2) is 10.4 Å². The first-order valence-electron chi connectivity index (χ1n) is 8.44. The van der Waals surface area contributed by atoms with Crippen LogP contribution in [0.3, 0.4) is 0 Å². The van der Waals surface area contributed by atoms with E-state index >= 15 is 0 Å². The number of halogens is 1. The molecule has 8 heteroatoms. The summed E-state index contributed by atoms with van der Waals surface area (Å²) >= 11 is 6.27. The lowest BCUT2D eigenvalue weighted by atomic mass is 10.1. The second-order valence-corrected chi connectivity index (χ2v) is 6.15. The Balaban J connectivity index is 2.21. The number of benzene rings is 1. The molecule has 0 atom stereocenters. The monoisotopic (exact) mass is 378 g/mol. The van der Waals surface area contributed by atoms with Gasteiger partial charge in [0.2, 0.25) is 5.95 Å². The Morgan fingerprint density at radius 3 is 2.65 bits per heavy atom. The second-order valence-electron chi connectivity index (χ2n) is 5.74. The highest BCUT2D eigenvalue weighted by molar-refractivity contribution is 6.32. The van der Waals surface area contributed by atoms with Gasteiger partial charge in [-0.15, -0.1) is 0 Å². The maximum absolute atomic E-state index is 11.7. The molecule has 140 valence electrons. The van der Waals surface area contributed by atoms with Crippen LogP contribution in [0.15, 0.2) is 28.1 Å². The fourth-order valence-corrected chi connectivity index (χ4v) is 2.48. The molecular formula is C18H23ClN4O3. The molecule has 0 aliphatic heterocycles. The van der Waals surface area contributed by atoms with Crippen molar-refractivity contribution < 1.29 is 9.47 Å². The van der Waals surface area contributed by atoms with Crippen molar-refractivity contribution in [2.75, 3.05) is 18.6 Å². The molecule has 0 unspecified atom stereocenters. The van der Waals surface area contributed by atoms with E-state index in [0.717, 1.165) is 5.56 Å². The lowest BCUT2D eigenvalue weighted by Crippen LogP contribution is -2.12. The maximum atomic E-state index is 11.7. The molecule has 0 fully saturated rings. The smallest absolute Gasteiger partial charge is 0.252 e. The number of aromatic amines is 1. The van der Waals surface area contributed by atoms with Gasteiger partial charge >= 0.3 is 0 Å². The number of hydrazone groups is 1. The molecule has 0 aliphatic carbocycles. The number of nitrogens with zero attached hydrogens (tertiary/aromatic N) is 2. The Hall–Kier alpha value is -2.54. The third kappa shape index (κ3) is 5.23. The first-order chi connectivity index (χ1) is 12.4. The van der Waals surface area contributed by atoms with Crippen molar-refractivity contribution in [3.63, 3.8) is 0 Å². The Morgan fingerprint density at radius 1 is 1.27 bits per heavy atom. The summed E-state index contributed by atoms with van der Waals surface area (Å²) in [5, 5.41) is 4.55. The molecule has 0 radical (unpaired) electrons. The van der Waals surface area contributed by atoms with Crippen molar-refractivity contribution in [2.24, 2.45) is 5.10 Å². The summed E-state index contributed by atoms with van der Waals surface area (Å²) in [4.78, 5) is 18.6. The summed E-state index contributed by atoms with van der Waals surface area (Å²) in [5.41, 5.74) is 3.90. The second kappa shape index (κ2) is 9.24. The Bertz CT molecular complexity index is 834. The van der Waals surface area contributed by atoms with E-state index in [9.17, 15) is 4.79 Å². The van der Waals surface area contributed by atoms with Gasteiger partial charge in [0, 0.05) is 6.07 Å². The van der Waals surface area contributed by atoms with Gasteiger partial charge in [0.15, 0.2) is 11.5 Å². The zero-order valence-electron chi connectivity index (χ0n) is 15.3. The van der Waals surface area contributed by atoms with Crippen LogP contribution in [0.5, 0.6) is 11.5 Å². The molecule has 26 heavy (non-hydrogen) atoms. The summed E-state index contributed by atoms with van der Waals surface area (Å²) in [6.07, 6.45) is 1.56. The molecule has 7 nitrogen and oxygen atoms in total. The minimum atomic E-state index is -0.232. The first-order valence-corrected chi connectivity index (χ1v) is 8.81. The summed E-state index contributed by atoms with van der Waals surface area (Å²) in [7, 11) is 0.